The number of imide groups is 1. The maximum absolute atomic E-state index is 12.2. The van der Waals surface area contributed by atoms with Gasteiger partial charge in [0.1, 0.15) is 0 Å². The molecule has 1 N–H and O–H groups in total. The first-order chi connectivity index (χ1) is 9.16. The van der Waals surface area contributed by atoms with Gasteiger partial charge in [0, 0.05) is 12.6 Å². The van der Waals surface area contributed by atoms with Crippen LogP contribution in [0.2, 0.25) is 0 Å². The van der Waals surface area contributed by atoms with Crippen molar-refractivity contribution in [2.75, 3.05) is 20.1 Å². The summed E-state index contributed by atoms with van der Waals surface area (Å²) in [6.45, 7) is 2.07. The number of likely N-dealkylation sites (N-methyl/N-ethyl adjacent to an activating group) is 1. The van der Waals surface area contributed by atoms with E-state index in [0.29, 0.717) is 17.9 Å². The number of carbonyl (C=O) groups is 2. The molecule has 0 spiro atoms. The van der Waals surface area contributed by atoms with Gasteiger partial charge in [0.15, 0.2) is 0 Å². The number of hydrogen-bond donors (Lipinski definition) is 1. The number of fused-ring (bicyclic) bond motifs is 1. The minimum Gasteiger partial charge on any atom is -0.317 e. The molecule has 2 heterocycles. The summed E-state index contributed by atoms with van der Waals surface area (Å²) in [5.74, 6) is 0.247. The number of nitrogens with one attached hydrogen (secondary N) is 1. The Labute approximate surface area is 112 Å². The minimum atomic E-state index is -0.165. The fraction of sp³-hybridized carbons (Fsp3) is 0.467. The molecule has 0 bridgehead atoms. The largest absolute Gasteiger partial charge is 0.317 e. The fourth-order valence-electron chi connectivity index (χ4n) is 2.93. The van der Waals surface area contributed by atoms with Crippen molar-refractivity contribution in [3.05, 3.63) is 34.9 Å². The quantitative estimate of drug-likeness (QED) is 0.773. The molecular weight excluding hydrogens is 240 g/mol. The van der Waals surface area contributed by atoms with Crippen LogP contribution in [-0.2, 0) is 11.2 Å². The number of benzene rings is 1. The zero-order valence-electron chi connectivity index (χ0n) is 11.1. The molecule has 4 heteroatoms. The molecule has 0 unspecified atom stereocenters. The van der Waals surface area contributed by atoms with Crippen LogP contribution < -0.4 is 5.32 Å². The van der Waals surface area contributed by atoms with E-state index in [1.807, 2.05) is 12.1 Å². The van der Waals surface area contributed by atoms with Gasteiger partial charge < -0.3 is 5.32 Å². The van der Waals surface area contributed by atoms with Crippen LogP contribution in [0.1, 0.15) is 40.2 Å². The second kappa shape index (κ2) is 4.78. The molecule has 1 aromatic rings. The Balaban J connectivity index is 1.94. The predicted octanol–water partition coefficient (Wildman–Crippen LogP) is 1.31. The molecule has 3 rings (SSSR count). The van der Waals surface area contributed by atoms with Crippen molar-refractivity contribution < 1.29 is 9.59 Å². The molecular formula is C15H18N2O2. The van der Waals surface area contributed by atoms with E-state index in [1.165, 1.54) is 10.5 Å². The smallest absolute Gasteiger partial charge is 0.260 e. The average molecular weight is 258 g/mol. The summed E-state index contributed by atoms with van der Waals surface area (Å²) in [5, 5.41) is 3.35. The zero-order valence-corrected chi connectivity index (χ0v) is 11.1. The van der Waals surface area contributed by atoms with Crippen LogP contribution in [0.15, 0.2) is 18.2 Å². The Kier molecular flexibility index (Phi) is 3.11. The first-order valence-electron chi connectivity index (χ1n) is 6.81. The normalized spacial score (nSPS) is 20.6. The lowest BCUT2D eigenvalue weighted by atomic mass is 9.87. The number of amides is 2. The van der Waals surface area contributed by atoms with Crippen molar-refractivity contribution in [1.29, 1.82) is 0 Å². The van der Waals surface area contributed by atoms with Gasteiger partial charge in [-0.15, -0.1) is 0 Å². The minimum absolute atomic E-state index is 0.118. The van der Waals surface area contributed by atoms with Crippen molar-refractivity contribution in [2.45, 2.75) is 25.2 Å². The highest BCUT2D eigenvalue weighted by Crippen LogP contribution is 2.29. The van der Waals surface area contributed by atoms with Crippen LogP contribution in [0.5, 0.6) is 0 Å². The maximum Gasteiger partial charge on any atom is 0.260 e. The van der Waals surface area contributed by atoms with E-state index in [1.54, 1.807) is 7.05 Å². The van der Waals surface area contributed by atoms with E-state index < -0.39 is 0 Å². The molecule has 0 atom stereocenters. The van der Waals surface area contributed by atoms with Crippen molar-refractivity contribution in [1.82, 2.24) is 10.2 Å². The van der Waals surface area contributed by atoms with Crippen molar-refractivity contribution in [2.24, 2.45) is 0 Å². The first kappa shape index (κ1) is 12.4. The molecule has 4 nitrogen and oxygen atoms in total. The second-order valence-electron chi connectivity index (χ2n) is 5.38. The number of carbonyl (C=O) groups excluding carboxylic acids is 2. The van der Waals surface area contributed by atoms with E-state index in [2.05, 4.69) is 11.4 Å². The van der Waals surface area contributed by atoms with Gasteiger partial charge in [-0.05, 0) is 49.0 Å². The van der Waals surface area contributed by atoms with Gasteiger partial charge in [-0.1, -0.05) is 12.1 Å². The lowest BCUT2D eigenvalue weighted by Gasteiger charge is -2.27. The van der Waals surface area contributed by atoms with Gasteiger partial charge in [0.25, 0.3) is 5.91 Å². The monoisotopic (exact) mass is 258 g/mol. The number of hydrogen-bond acceptors (Lipinski definition) is 3. The predicted molar refractivity (Wildman–Crippen MR) is 72.1 cm³/mol. The van der Waals surface area contributed by atoms with E-state index in [9.17, 15) is 9.59 Å². The standard InChI is InChI=1S/C15H18N2O2/c1-17-14(18)9-12-3-2-11(8-13(12)15(17)19)10-4-6-16-7-5-10/h2-3,8,10,16H,4-7,9H2,1H3. The maximum atomic E-state index is 12.2. The third-order valence-electron chi connectivity index (χ3n) is 4.20. The number of rotatable bonds is 1. The lowest BCUT2D eigenvalue weighted by Crippen LogP contribution is -2.39. The summed E-state index contributed by atoms with van der Waals surface area (Å²) in [5.41, 5.74) is 2.81. The van der Waals surface area contributed by atoms with E-state index >= 15 is 0 Å². The zero-order chi connectivity index (χ0) is 13.4. The molecule has 0 radical (unpaired) electrons. The van der Waals surface area contributed by atoms with Crippen LogP contribution in [0.25, 0.3) is 0 Å². The van der Waals surface area contributed by atoms with Crippen LogP contribution in [0.4, 0.5) is 0 Å². The molecule has 19 heavy (non-hydrogen) atoms. The number of piperidine rings is 1. The van der Waals surface area contributed by atoms with Crippen molar-refractivity contribution >= 4 is 11.8 Å². The van der Waals surface area contributed by atoms with Gasteiger partial charge in [-0.2, -0.15) is 0 Å². The highest BCUT2D eigenvalue weighted by Gasteiger charge is 2.28. The first-order valence-corrected chi connectivity index (χ1v) is 6.81. The molecule has 2 aliphatic rings. The average Bonchev–Trinajstić information content (AvgIpc) is 2.46. The lowest BCUT2D eigenvalue weighted by molar-refractivity contribution is -0.127. The summed E-state index contributed by atoms with van der Waals surface area (Å²) in [6.07, 6.45) is 2.56. The summed E-state index contributed by atoms with van der Waals surface area (Å²) in [6, 6.07) is 6.03. The van der Waals surface area contributed by atoms with E-state index in [0.717, 1.165) is 31.5 Å². The van der Waals surface area contributed by atoms with Crippen LogP contribution in [0, 0.1) is 0 Å². The Hall–Kier alpha value is -1.68. The molecule has 0 aliphatic carbocycles. The molecule has 0 saturated carbocycles. The SMILES string of the molecule is CN1C(=O)Cc2ccc(C3CCNCC3)cc2C1=O. The van der Waals surface area contributed by atoms with Crippen molar-refractivity contribution in [3.8, 4) is 0 Å². The van der Waals surface area contributed by atoms with Crippen LogP contribution in [-0.4, -0.2) is 36.9 Å². The second-order valence-corrected chi connectivity index (χ2v) is 5.38. The van der Waals surface area contributed by atoms with E-state index in [4.69, 9.17) is 0 Å². The molecule has 2 amide bonds. The Morgan fingerprint density at radius 1 is 1.21 bits per heavy atom. The topological polar surface area (TPSA) is 49.4 Å². The fourth-order valence-corrected chi connectivity index (χ4v) is 2.93. The molecule has 0 aromatic heterocycles. The van der Waals surface area contributed by atoms with Crippen molar-refractivity contribution in [3.63, 3.8) is 0 Å². The Morgan fingerprint density at radius 2 is 1.95 bits per heavy atom. The molecule has 1 saturated heterocycles. The van der Waals surface area contributed by atoms with Gasteiger partial charge in [-0.3, -0.25) is 14.5 Å². The van der Waals surface area contributed by atoms with Crippen LogP contribution in [0.3, 0.4) is 0 Å². The molecule has 1 fully saturated rings. The van der Waals surface area contributed by atoms with E-state index in [-0.39, 0.29) is 11.8 Å². The summed E-state index contributed by atoms with van der Waals surface area (Å²) in [4.78, 5) is 25.0. The summed E-state index contributed by atoms with van der Waals surface area (Å²) < 4.78 is 0. The van der Waals surface area contributed by atoms with Gasteiger partial charge in [0.2, 0.25) is 5.91 Å². The van der Waals surface area contributed by atoms with Gasteiger partial charge in [0.05, 0.1) is 6.42 Å². The highest BCUT2D eigenvalue weighted by atomic mass is 16.2. The molecule has 100 valence electrons. The Bertz CT molecular complexity index is 533. The third kappa shape index (κ3) is 2.16. The summed E-state index contributed by atoms with van der Waals surface area (Å²) >= 11 is 0. The van der Waals surface area contributed by atoms with Gasteiger partial charge in [-0.25, -0.2) is 0 Å². The van der Waals surface area contributed by atoms with Crippen LogP contribution >= 0.6 is 0 Å². The van der Waals surface area contributed by atoms with Gasteiger partial charge >= 0.3 is 0 Å². The molecule has 2 aliphatic heterocycles. The Morgan fingerprint density at radius 3 is 2.68 bits per heavy atom. The third-order valence-corrected chi connectivity index (χ3v) is 4.20. The molecule has 1 aromatic carbocycles. The summed E-state index contributed by atoms with van der Waals surface area (Å²) in [7, 11) is 1.56. The number of nitrogens with zero attached hydrogens (tertiary/aromatic N) is 1. The highest BCUT2D eigenvalue weighted by molar-refractivity contribution is 6.09.